The highest BCUT2D eigenvalue weighted by Gasteiger charge is 2.22. The highest BCUT2D eigenvalue weighted by molar-refractivity contribution is 5.79. The van der Waals surface area contributed by atoms with E-state index in [0.29, 0.717) is 17.5 Å². The molecular weight excluding hydrogens is 256 g/mol. The molecule has 102 valence electrons. The summed E-state index contributed by atoms with van der Waals surface area (Å²) in [6.45, 7) is 3.70. The molecule has 1 aromatic heterocycles. The lowest BCUT2D eigenvalue weighted by molar-refractivity contribution is 0.242. The zero-order chi connectivity index (χ0) is 13.9. The average Bonchev–Trinajstić information content (AvgIpc) is 2.59. The minimum Gasteiger partial charge on any atom is -0.452 e. The fraction of sp³-hybridized carbons (Fsp3) is 0.231. The molecule has 3 rings (SSSR count). The maximum Gasteiger partial charge on any atom is 0.266 e. The highest BCUT2D eigenvalue weighted by atomic mass is 16.5. The molecule has 1 aliphatic rings. The van der Waals surface area contributed by atoms with E-state index in [1.54, 1.807) is 13.1 Å². The van der Waals surface area contributed by atoms with Gasteiger partial charge < -0.3 is 10.1 Å². The summed E-state index contributed by atoms with van der Waals surface area (Å²) in [5, 5.41) is 15.3. The Labute approximate surface area is 116 Å². The van der Waals surface area contributed by atoms with E-state index in [1.165, 1.54) is 0 Å². The van der Waals surface area contributed by atoms with Crippen LogP contribution < -0.4 is 15.5 Å². The molecule has 0 amide bonds. The van der Waals surface area contributed by atoms with Gasteiger partial charge in [0.15, 0.2) is 11.9 Å². The first kappa shape index (κ1) is 12.3. The molecule has 7 heteroatoms. The molecule has 0 radical (unpaired) electrons. The normalized spacial score (nSPS) is 16.6. The van der Waals surface area contributed by atoms with E-state index in [2.05, 4.69) is 31.0 Å². The molecule has 1 aromatic carbocycles. The van der Waals surface area contributed by atoms with Gasteiger partial charge >= 0.3 is 0 Å². The van der Waals surface area contributed by atoms with Crippen LogP contribution in [0, 0.1) is 0 Å². The SMILES string of the molecule is C/C=N\Nc1nnc2c(n1)O[C@H](C)Nc1ccccc1-2. The van der Waals surface area contributed by atoms with Crippen molar-refractivity contribution in [1.82, 2.24) is 15.2 Å². The molecule has 2 aromatic rings. The lowest BCUT2D eigenvalue weighted by Crippen LogP contribution is -2.21. The van der Waals surface area contributed by atoms with Crippen LogP contribution in [-0.2, 0) is 0 Å². The van der Waals surface area contributed by atoms with E-state index in [0.717, 1.165) is 11.3 Å². The molecule has 2 heterocycles. The maximum absolute atomic E-state index is 5.74. The number of nitrogens with one attached hydrogen (secondary N) is 2. The second kappa shape index (κ2) is 5.12. The van der Waals surface area contributed by atoms with Crippen LogP contribution in [0.2, 0.25) is 0 Å². The Morgan fingerprint density at radius 3 is 3.05 bits per heavy atom. The highest BCUT2D eigenvalue weighted by Crippen LogP contribution is 2.35. The molecule has 1 atom stereocenters. The lowest BCUT2D eigenvalue weighted by Gasteiger charge is -2.13. The van der Waals surface area contributed by atoms with Crippen molar-refractivity contribution in [3.05, 3.63) is 24.3 Å². The third kappa shape index (κ3) is 2.25. The summed E-state index contributed by atoms with van der Waals surface area (Å²) in [6, 6.07) is 7.82. The number of hydrogen-bond donors (Lipinski definition) is 2. The summed E-state index contributed by atoms with van der Waals surface area (Å²) in [4.78, 5) is 4.30. The summed E-state index contributed by atoms with van der Waals surface area (Å²) >= 11 is 0. The van der Waals surface area contributed by atoms with Crippen LogP contribution in [0.1, 0.15) is 13.8 Å². The molecule has 0 bridgehead atoms. The van der Waals surface area contributed by atoms with Crippen LogP contribution in [0.15, 0.2) is 29.4 Å². The molecule has 0 spiro atoms. The molecule has 0 saturated heterocycles. The Morgan fingerprint density at radius 2 is 2.20 bits per heavy atom. The molecule has 20 heavy (non-hydrogen) atoms. The van der Waals surface area contributed by atoms with Crippen molar-refractivity contribution >= 4 is 17.9 Å². The standard InChI is InChI=1S/C13H14N6O/c1-3-14-18-13-16-12-11(17-19-13)9-6-4-5-7-10(9)15-8(2)20-12/h3-8,15H,1-2H3,(H,16,18,19)/b14-3-/t8-/m1/s1. The summed E-state index contributed by atoms with van der Waals surface area (Å²) < 4.78 is 5.74. The third-order valence-corrected chi connectivity index (χ3v) is 2.78. The molecule has 0 aliphatic carbocycles. The Morgan fingerprint density at radius 1 is 1.35 bits per heavy atom. The van der Waals surface area contributed by atoms with E-state index in [-0.39, 0.29) is 6.23 Å². The van der Waals surface area contributed by atoms with Gasteiger partial charge in [-0.15, -0.1) is 10.2 Å². The summed E-state index contributed by atoms with van der Waals surface area (Å²) in [6.07, 6.45) is 1.40. The molecule has 0 fully saturated rings. The van der Waals surface area contributed by atoms with Crippen molar-refractivity contribution in [3.63, 3.8) is 0 Å². The first-order chi connectivity index (χ1) is 9.78. The molecular formula is C13H14N6O. The number of rotatable bonds is 2. The first-order valence-electron chi connectivity index (χ1n) is 6.29. The molecule has 1 aliphatic heterocycles. The van der Waals surface area contributed by atoms with Gasteiger partial charge in [-0.3, -0.25) is 0 Å². The van der Waals surface area contributed by atoms with Crippen LogP contribution in [0.3, 0.4) is 0 Å². The fourth-order valence-electron chi connectivity index (χ4n) is 1.96. The zero-order valence-corrected chi connectivity index (χ0v) is 11.2. The topological polar surface area (TPSA) is 84.3 Å². The van der Waals surface area contributed by atoms with E-state index in [1.807, 2.05) is 31.2 Å². The predicted molar refractivity (Wildman–Crippen MR) is 76.8 cm³/mol. The second-order valence-corrected chi connectivity index (χ2v) is 4.24. The zero-order valence-electron chi connectivity index (χ0n) is 11.2. The third-order valence-electron chi connectivity index (χ3n) is 2.78. The fourth-order valence-corrected chi connectivity index (χ4v) is 1.96. The minimum atomic E-state index is -0.211. The van der Waals surface area contributed by atoms with Crippen LogP contribution in [0.5, 0.6) is 5.88 Å². The summed E-state index contributed by atoms with van der Waals surface area (Å²) in [5.41, 5.74) is 5.16. The number of hydrogen-bond acceptors (Lipinski definition) is 7. The Kier molecular flexibility index (Phi) is 3.16. The van der Waals surface area contributed by atoms with Gasteiger partial charge in [0.2, 0.25) is 5.88 Å². The van der Waals surface area contributed by atoms with E-state index < -0.39 is 0 Å². The van der Waals surface area contributed by atoms with E-state index >= 15 is 0 Å². The Hall–Kier alpha value is -2.70. The van der Waals surface area contributed by atoms with E-state index in [4.69, 9.17) is 4.74 Å². The van der Waals surface area contributed by atoms with E-state index in [9.17, 15) is 0 Å². The van der Waals surface area contributed by atoms with Crippen molar-refractivity contribution in [2.24, 2.45) is 5.10 Å². The monoisotopic (exact) mass is 270 g/mol. The van der Waals surface area contributed by atoms with Gasteiger partial charge in [0.1, 0.15) is 0 Å². The molecule has 0 saturated carbocycles. The quantitative estimate of drug-likeness (QED) is 0.642. The van der Waals surface area contributed by atoms with Crippen molar-refractivity contribution in [3.8, 4) is 17.1 Å². The summed E-state index contributed by atoms with van der Waals surface area (Å²) in [5.74, 6) is 0.729. The van der Waals surface area contributed by atoms with Crippen molar-refractivity contribution < 1.29 is 4.74 Å². The number of anilines is 2. The number of nitrogens with zero attached hydrogens (tertiary/aromatic N) is 4. The van der Waals surface area contributed by atoms with Gasteiger partial charge in [-0.25, -0.2) is 5.43 Å². The smallest absolute Gasteiger partial charge is 0.266 e. The van der Waals surface area contributed by atoms with Gasteiger partial charge in [-0.1, -0.05) is 18.2 Å². The number of hydrazone groups is 1. The maximum atomic E-state index is 5.74. The van der Waals surface area contributed by atoms with Gasteiger partial charge in [0, 0.05) is 17.5 Å². The van der Waals surface area contributed by atoms with Gasteiger partial charge in [-0.2, -0.15) is 10.1 Å². The lowest BCUT2D eigenvalue weighted by atomic mass is 10.1. The van der Waals surface area contributed by atoms with Crippen LogP contribution in [0.4, 0.5) is 11.6 Å². The van der Waals surface area contributed by atoms with Crippen molar-refractivity contribution in [1.29, 1.82) is 0 Å². The number of aromatic nitrogens is 3. The first-order valence-corrected chi connectivity index (χ1v) is 6.29. The average molecular weight is 270 g/mol. The number of fused-ring (bicyclic) bond motifs is 3. The number of benzene rings is 1. The Bertz CT molecular complexity index is 657. The van der Waals surface area contributed by atoms with Crippen LogP contribution >= 0.6 is 0 Å². The summed E-state index contributed by atoms with van der Waals surface area (Å²) in [7, 11) is 0. The van der Waals surface area contributed by atoms with Gasteiger partial charge in [0.05, 0.1) is 0 Å². The molecule has 2 N–H and O–H groups in total. The number of ether oxygens (including phenoxy) is 1. The largest absolute Gasteiger partial charge is 0.452 e. The van der Waals surface area contributed by atoms with Gasteiger partial charge in [-0.05, 0) is 19.9 Å². The van der Waals surface area contributed by atoms with Crippen molar-refractivity contribution in [2.45, 2.75) is 20.1 Å². The van der Waals surface area contributed by atoms with Crippen LogP contribution in [0.25, 0.3) is 11.3 Å². The van der Waals surface area contributed by atoms with Crippen LogP contribution in [-0.4, -0.2) is 27.6 Å². The molecule has 7 nitrogen and oxygen atoms in total. The second-order valence-electron chi connectivity index (χ2n) is 4.24. The minimum absolute atomic E-state index is 0.211. The van der Waals surface area contributed by atoms with Gasteiger partial charge in [0.25, 0.3) is 5.95 Å². The number of para-hydroxylation sites is 1. The Balaban J connectivity index is 2.08. The molecule has 0 unspecified atom stereocenters. The predicted octanol–water partition coefficient (Wildman–Crippen LogP) is 2.11. The van der Waals surface area contributed by atoms with Crippen molar-refractivity contribution in [2.75, 3.05) is 10.7 Å².